The Morgan fingerprint density at radius 1 is 1.25 bits per heavy atom. The van der Waals surface area contributed by atoms with Crippen LogP contribution < -0.4 is 11.1 Å². The predicted octanol–water partition coefficient (Wildman–Crippen LogP) is 1.85. The van der Waals surface area contributed by atoms with Gasteiger partial charge in [0.2, 0.25) is 5.91 Å². The second-order valence-corrected chi connectivity index (χ2v) is 6.07. The molecule has 2 fully saturated rings. The van der Waals surface area contributed by atoms with Gasteiger partial charge >= 0.3 is 0 Å². The van der Waals surface area contributed by atoms with Gasteiger partial charge in [0, 0.05) is 18.2 Å². The number of nitrogens with two attached hydrogens (primary N) is 1. The molecular formula is C16H22N2O2. The highest BCUT2D eigenvalue weighted by molar-refractivity contribution is 5.82. The predicted molar refractivity (Wildman–Crippen MR) is 77.8 cm³/mol. The third-order valence-corrected chi connectivity index (χ3v) is 4.75. The van der Waals surface area contributed by atoms with Crippen LogP contribution in [0.1, 0.15) is 37.4 Å². The third-order valence-electron chi connectivity index (χ3n) is 4.75. The SMILES string of the molecule is Nc1ccc(C(O)CNC(=O)C2C3CCCCC32)cc1. The second kappa shape index (κ2) is 5.44. The van der Waals surface area contributed by atoms with Crippen molar-refractivity contribution in [2.24, 2.45) is 17.8 Å². The average Bonchev–Trinajstić information content (AvgIpc) is 3.19. The number of aliphatic hydroxyl groups excluding tert-OH is 1. The van der Waals surface area contributed by atoms with Crippen LogP contribution in [0.4, 0.5) is 5.69 Å². The largest absolute Gasteiger partial charge is 0.399 e. The van der Waals surface area contributed by atoms with Crippen LogP contribution in [0, 0.1) is 17.8 Å². The summed E-state index contributed by atoms with van der Waals surface area (Å²) in [6, 6.07) is 7.11. The maximum atomic E-state index is 12.1. The summed E-state index contributed by atoms with van der Waals surface area (Å²) in [4.78, 5) is 12.1. The van der Waals surface area contributed by atoms with Crippen LogP contribution in [-0.2, 0) is 4.79 Å². The van der Waals surface area contributed by atoms with E-state index in [0.717, 1.165) is 5.56 Å². The van der Waals surface area contributed by atoms with Gasteiger partial charge in [-0.05, 0) is 42.4 Å². The van der Waals surface area contributed by atoms with E-state index < -0.39 is 6.10 Å². The van der Waals surface area contributed by atoms with Crippen molar-refractivity contribution in [1.82, 2.24) is 5.32 Å². The quantitative estimate of drug-likeness (QED) is 0.733. The minimum atomic E-state index is -0.666. The number of hydrogen-bond donors (Lipinski definition) is 3. The summed E-state index contributed by atoms with van der Waals surface area (Å²) in [5.74, 6) is 1.54. The Labute approximate surface area is 119 Å². The zero-order chi connectivity index (χ0) is 14.1. The Bertz CT molecular complexity index is 474. The van der Waals surface area contributed by atoms with Gasteiger partial charge in [-0.1, -0.05) is 25.0 Å². The summed E-state index contributed by atoms with van der Waals surface area (Å²) in [6.07, 6.45) is 4.25. The van der Waals surface area contributed by atoms with Gasteiger partial charge in [0.05, 0.1) is 6.10 Å². The molecule has 108 valence electrons. The molecule has 3 atom stereocenters. The van der Waals surface area contributed by atoms with Gasteiger partial charge in [-0.2, -0.15) is 0 Å². The lowest BCUT2D eigenvalue weighted by molar-refractivity contribution is -0.123. The van der Waals surface area contributed by atoms with Crippen LogP contribution >= 0.6 is 0 Å². The molecule has 0 spiro atoms. The number of hydrogen-bond acceptors (Lipinski definition) is 3. The Morgan fingerprint density at radius 2 is 1.85 bits per heavy atom. The smallest absolute Gasteiger partial charge is 0.223 e. The molecule has 1 amide bonds. The first-order valence-electron chi connectivity index (χ1n) is 7.48. The molecule has 3 rings (SSSR count). The van der Waals surface area contributed by atoms with Crippen LogP contribution in [0.3, 0.4) is 0 Å². The van der Waals surface area contributed by atoms with Crippen LogP contribution in [0.5, 0.6) is 0 Å². The lowest BCUT2D eigenvalue weighted by Gasteiger charge is -2.12. The first-order valence-corrected chi connectivity index (χ1v) is 7.48. The maximum absolute atomic E-state index is 12.1. The molecule has 1 aromatic rings. The molecule has 4 nitrogen and oxygen atoms in total. The molecule has 0 bridgehead atoms. The fraction of sp³-hybridized carbons (Fsp3) is 0.562. The van der Waals surface area contributed by atoms with Gasteiger partial charge in [0.15, 0.2) is 0 Å². The van der Waals surface area contributed by atoms with Crippen LogP contribution in [0.15, 0.2) is 24.3 Å². The first-order chi connectivity index (χ1) is 9.66. The lowest BCUT2D eigenvalue weighted by Crippen LogP contribution is -2.30. The summed E-state index contributed by atoms with van der Waals surface area (Å²) in [6.45, 7) is 0.276. The highest BCUT2D eigenvalue weighted by Gasteiger charge is 2.54. The van der Waals surface area contributed by atoms with Crippen molar-refractivity contribution in [2.45, 2.75) is 31.8 Å². The third kappa shape index (κ3) is 2.66. The number of carbonyl (C=O) groups excluding carboxylic acids is 1. The zero-order valence-corrected chi connectivity index (χ0v) is 11.6. The molecule has 20 heavy (non-hydrogen) atoms. The summed E-state index contributed by atoms with van der Waals surface area (Å²) >= 11 is 0. The molecule has 1 aromatic carbocycles. The van der Waals surface area contributed by atoms with Gasteiger partial charge in [0.1, 0.15) is 0 Å². The van der Waals surface area contributed by atoms with Gasteiger partial charge in [0.25, 0.3) is 0 Å². The standard InChI is InChI=1S/C16H22N2O2/c17-11-7-5-10(6-8-11)14(19)9-18-16(20)15-12-3-1-2-4-13(12)15/h5-8,12-15,19H,1-4,9,17H2,(H,18,20). The van der Waals surface area contributed by atoms with Crippen molar-refractivity contribution in [1.29, 1.82) is 0 Å². The molecule has 2 saturated carbocycles. The van der Waals surface area contributed by atoms with E-state index in [1.165, 1.54) is 25.7 Å². The molecule has 0 saturated heterocycles. The molecule has 0 heterocycles. The van der Waals surface area contributed by atoms with Crippen molar-refractivity contribution in [2.75, 3.05) is 12.3 Å². The summed E-state index contributed by atoms with van der Waals surface area (Å²) in [7, 11) is 0. The normalized spacial score (nSPS) is 29.4. The highest BCUT2D eigenvalue weighted by Crippen LogP contribution is 2.55. The van der Waals surface area contributed by atoms with E-state index >= 15 is 0 Å². The van der Waals surface area contributed by atoms with E-state index in [4.69, 9.17) is 5.73 Å². The summed E-state index contributed by atoms with van der Waals surface area (Å²) in [5.41, 5.74) is 7.07. The average molecular weight is 274 g/mol. The number of anilines is 1. The molecule has 0 aliphatic heterocycles. The number of nitrogen functional groups attached to an aromatic ring is 1. The van der Waals surface area contributed by atoms with E-state index in [1.807, 2.05) is 0 Å². The number of nitrogens with one attached hydrogen (secondary N) is 1. The fourth-order valence-electron chi connectivity index (χ4n) is 3.53. The zero-order valence-electron chi connectivity index (χ0n) is 11.6. The summed E-state index contributed by atoms with van der Waals surface area (Å²) < 4.78 is 0. The monoisotopic (exact) mass is 274 g/mol. The second-order valence-electron chi connectivity index (χ2n) is 6.07. The van der Waals surface area contributed by atoms with Crippen LogP contribution in [-0.4, -0.2) is 17.6 Å². The fourth-order valence-corrected chi connectivity index (χ4v) is 3.53. The van der Waals surface area contributed by atoms with Crippen molar-refractivity contribution in [3.63, 3.8) is 0 Å². The molecular weight excluding hydrogens is 252 g/mol. The van der Waals surface area contributed by atoms with E-state index in [2.05, 4.69) is 5.32 Å². The minimum absolute atomic E-state index is 0.122. The van der Waals surface area contributed by atoms with Crippen molar-refractivity contribution < 1.29 is 9.90 Å². The van der Waals surface area contributed by atoms with Gasteiger partial charge in [-0.3, -0.25) is 4.79 Å². The first kappa shape index (κ1) is 13.4. The number of rotatable bonds is 4. The van der Waals surface area contributed by atoms with Gasteiger partial charge < -0.3 is 16.2 Å². The maximum Gasteiger partial charge on any atom is 0.223 e. The van der Waals surface area contributed by atoms with Crippen LogP contribution in [0.25, 0.3) is 0 Å². The van der Waals surface area contributed by atoms with E-state index in [9.17, 15) is 9.90 Å². The number of carbonyl (C=O) groups is 1. The highest BCUT2D eigenvalue weighted by atomic mass is 16.3. The number of aliphatic hydroxyl groups is 1. The Kier molecular flexibility index (Phi) is 3.66. The topological polar surface area (TPSA) is 75.3 Å². The summed E-state index contributed by atoms with van der Waals surface area (Å²) in [5, 5.41) is 13.0. The number of benzene rings is 1. The molecule has 2 aliphatic rings. The van der Waals surface area contributed by atoms with Gasteiger partial charge in [-0.15, -0.1) is 0 Å². The number of amides is 1. The molecule has 0 radical (unpaired) electrons. The molecule has 4 N–H and O–H groups in total. The van der Waals surface area contributed by atoms with Crippen molar-refractivity contribution in [3.05, 3.63) is 29.8 Å². The van der Waals surface area contributed by atoms with E-state index in [0.29, 0.717) is 17.5 Å². The van der Waals surface area contributed by atoms with Crippen molar-refractivity contribution >= 4 is 11.6 Å². The molecule has 3 unspecified atom stereocenters. The van der Waals surface area contributed by atoms with E-state index in [-0.39, 0.29) is 18.4 Å². The van der Waals surface area contributed by atoms with E-state index in [1.54, 1.807) is 24.3 Å². The minimum Gasteiger partial charge on any atom is -0.399 e. The van der Waals surface area contributed by atoms with Crippen LogP contribution in [0.2, 0.25) is 0 Å². The molecule has 0 aromatic heterocycles. The molecule has 2 aliphatic carbocycles. The molecule has 4 heteroatoms. The Hall–Kier alpha value is -1.55. The lowest BCUT2D eigenvalue weighted by atomic mass is 10.0. The number of fused-ring (bicyclic) bond motifs is 1. The Morgan fingerprint density at radius 3 is 2.45 bits per heavy atom. The van der Waals surface area contributed by atoms with Crippen molar-refractivity contribution in [3.8, 4) is 0 Å². The Balaban J connectivity index is 1.49. The van der Waals surface area contributed by atoms with Gasteiger partial charge in [-0.25, -0.2) is 0 Å².